The molecule has 0 radical (unpaired) electrons. The lowest BCUT2D eigenvalue weighted by Crippen LogP contribution is -2.52. The van der Waals surface area contributed by atoms with Crippen LogP contribution in [0.4, 0.5) is 0 Å². The molecule has 0 heterocycles. The van der Waals surface area contributed by atoms with Crippen LogP contribution < -0.4 is 9.47 Å². The standard InChI is InChI=1S/C48H58O6/c1-2-6-38-37(5-1)45-39-7-3-4-8-40(39)46(38)42-24-44(52-14-10-50-12-16-54-48-28-34-20-35(29-48)22-36(21-34)30-48)43(23-41(42)45)51-13-9-49-11-15-53-47-25-31-17-32(26-47)19-33(18-31)27-47/h1-8,23-24,31-36,45-46H,9-22,25-30H2. The van der Waals surface area contributed by atoms with E-state index < -0.39 is 0 Å². The molecular weight excluding hydrogens is 673 g/mol. The van der Waals surface area contributed by atoms with Crippen LogP contribution in [0, 0.1) is 35.5 Å². The monoisotopic (exact) mass is 730 g/mol. The van der Waals surface area contributed by atoms with Gasteiger partial charge in [-0.15, -0.1) is 0 Å². The summed E-state index contributed by atoms with van der Waals surface area (Å²) >= 11 is 0. The van der Waals surface area contributed by atoms with Crippen LogP contribution in [0.5, 0.6) is 11.5 Å². The Morgan fingerprint density at radius 1 is 0.389 bits per heavy atom. The van der Waals surface area contributed by atoms with E-state index in [0.717, 1.165) is 47.0 Å². The van der Waals surface area contributed by atoms with Crippen molar-refractivity contribution < 1.29 is 28.4 Å². The van der Waals surface area contributed by atoms with Gasteiger partial charge in [-0.05, 0) is 158 Å². The maximum Gasteiger partial charge on any atom is 0.161 e. The van der Waals surface area contributed by atoms with Gasteiger partial charge in [0.15, 0.2) is 11.5 Å². The van der Waals surface area contributed by atoms with Crippen molar-refractivity contribution in [2.45, 2.75) is 100 Å². The summed E-state index contributed by atoms with van der Waals surface area (Å²) in [5.74, 6) is 7.32. The fourth-order valence-corrected chi connectivity index (χ4v) is 14.1. The van der Waals surface area contributed by atoms with Gasteiger partial charge in [0.25, 0.3) is 0 Å². The molecule has 14 rings (SSSR count). The first-order chi connectivity index (χ1) is 26.6. The minimum atomic E-state index is 0.131. The highest BCUT2D eigenvalue weighted by molar-refractivity contribution is 5.70. The van der Waals surface area contributed by atoms with Crippen molar-refractivity contribution in [3.63, 3.8) is 0 Å². The van der Waals surface area contributed by atoms with Gasteiger partial charge in [0.05, 0.1) is 50.8 Å². The second-order valence-corrected chi connectivity index (χ2v) is 18.9. The van der Waals surface area contributed by atoms with Gasteiger partial charge < -0.3 is 28.4 Å². The van der Waals surface area contributed by atoms with E-state index in [1.807, 2.05) is 0 Å². The zero-order chi connectivity index (χ0) is 35.7. The Morgan fingerprint density at radius 2 is 0.704 bits per heavy atom. The minimum Gasteiger partial charge on any atom is -0.487 e. The van der Waals surface area contributed by atoms with E-state index in [1.54, 1.807) is 0 Å². The van der Waals surface area contributed by atoms with Crippen LogP contribution in [0.2, 0.25) is 0 Å². The van der Waals surface area contributed by atoms with Gasteiger partial charge in [0, 0.05) is 11.8 Å². The number of hydrogen-bond acceptors (Lipinski definition) is 6. The molecular formula is C48H58O6. The molecule has 6 nitrogen and oxygen atoms in total. The molecule has 286 valence electrons. The zero-order valence-electron chi connectivity index (χ0n) is 32.0. The van der Waals surface area contributed by atoms with Crippen molar-refractivity contribution in [2.75, 3.05) is 52.9 Å². The third-order valence-corrected chi connectivity index (χ3v) is 15.2. The fraction of sp³-hybridized carbons (Fsp3) is 0.625. The van der Waals surface area contributed by atoms with Crippen molar-refractivity contribution in [3.05, 3.63) is 94.0 Å². The average Bonchev–Trinajstić information content (AvgIpc) is 3.16. The highest BCUT2D eigenvalue weighted by atomic mass is 16.6. The van der Waals surface area contributed by atoms with E-state index in [0.29, 0.717) is 52.9 Å². The maximum atomic E-state index is 6.60. The Hall–Kier alpha value is -2.90. The minimum absolute atomic E-state index is 0.131. The van der Waals surface area contributed by atoms with Gasteiger partial charge in [0.2, 0.25) is 0 Å². The Balaban J connectivity index is 0.731. The normalized spacial score (nSPS) is 35.6. The Morgan fingerprint density at radius 3 is 1.04 bits per heavy atom. The van der Waals surface area contributed by atoms with E-state index in [9.17, 15) is 0 Å². The molecule has 0 aromatic heterocycles. The molecule has 0 amide bonds. The molecule has 3 aromatic rings. The molecule has 0 spiro atoms. The van der Waals surface area contributed by atoms with E-state index in [2.05, 4.69) is 60.7 Å². The summed E-state index contributed by atoms with van der Waals surface area (Å²) in [5, 5.41) is 0. The molecule has 6 heteroatoms. The first-order valence-electron chi connectivity index (χ1n) is 21.6. The smallest absolute Gasteiger partial charge is 0.161 e. The van der Waals surface area contributed by atoms with E-state index in [4.69, 9.17) is 28.4 Å². The number of benzene rings is 3. The quantitative estimate of drug-likeness (QED) is 0.0944. The first-order valence-corrected chi connectivity index (χ1v) is 21.6. The topological polar surface area (TPSA) is 55.4 Å². The number of hydrogen-bond donors (Lipinski definition) is 0. The Bertz CT molecular complexity index is 1600. The lowest BCUT2D eigenvalue weighted by atomic mass is 9.54. The average molecular weight is 731 g/mol. The summed E-state index contributed by atoms with van der Waals surface area (Å²) in [7, 11) is 0. The third kappa shape index (κ3) is 6.22. The molecule has 0 atom stereocenters. The third-order valence-electron chi connectivity index (χ3n) is 15.2. The SMILES string of the molecule is c1ccc2c(c1)C1c3ccccc3C2c2cc(OCCOCCOC34CC5CC(CC(C5)C3)C4)c(OCCOCCOC34CC5CC(CC(C5)C3)C4)cc21. The van der Waals surface area contributed by atoms with Crippen LogP contribution in [-0.4, -0.2) is 64.1 Å². The molecule has 0 unspecified atom stereocenters. The first kappa shape index (κ1) is 34.4. The second-order valence-electron chi connectivity index (χ2n) is 18.9. The van der Waals surface area contributed by atoms with Crippen molar-refractivity contribution in [2.24, 2.45) is 35.5 Å². The maximum absolute atomic E-state index is 6.60. The van der Waals surface area contributed by atoms with Crippen molar-refractivity contribution in [1.29, 1.82) is 0 Å². The molecule has 10 bridgehead atoms. The summed E-state index contributed by atoms with van der Waals surface area (Å²) in [6.07, 6.45) is 16.2. The zero-order valence-corrected chi connectivity index (χ0v) is 32.0. The van der Waals surface area contributed by atoms with Gasteiger partial charge in [-0.25, -0.2) is 0 Å². The summed E-state index contributed by atoms with van der Waals surface area (Å²) in [6.45, 7) is 4.54. The van der Waals surface area contributed by atoms with E-state index >= 15 is 0 Å². The van der Waals surface area contributed by atoms with Gasteiger partial charge in [0.1, 0.15) is 13.2 Å². The molecule has 0 saturated heterocycles. The van der Waals surface area contributed by atoms with Crippen molar-refractivity contribution in [1.82, 2.24) is 0 Å². The predicted octanol–water partition coefficient (Wildman–Crippen LogP) is 9.44. The molecule has 11 aliphatic rings. The largest absolute Gasteiger partial charge is 0.487 e. The Labute approximate surface area is 321 Å². The van der Waals surface area contributed by atoms with E-state index in [-0.39, 0.29) is 23.0 Å². The van der Waals surface area contributed by atoms with Crippen LogP contribution in [0.3, 0.4) is 0 Å². The molecule has 3 aromatic carbocycles. The van der Waals surface area contributed by atoms with Crippen LogP contribution in [0.15, 0.2) is 60.7 Å². The molecule has 8 saturated carbocycles. The lowest BCUT2D eigenvalue weighted by molar-refractivity contribution is -0.169. The van der Waals surface area contributed by atoms with Crippen molar-refractivity contribution in [3.8, 4) is 11.5 Å². The van der Waals surface area contributed by atoms with E-state index in [1.165, 1.54) is 110 Å². The van der Waals surface area contributed by atoms with Crippen LogP contribution in [0.25, 0.3) is 0 Å². The van der Waals surface area contributed by atoms with Crippen LogP contribution in [0.1, 0.15) is 122 Å². The Kier molecular flexibility index (Phi) is 8.87. The van der Waals surface area contributed by atoms with Gasteiger partial charge >= 0.3 is 0 Å². The molecule has 0 N–H and O–H groups in total. The summed E-state index contributed by atoms with van der Waals surface area (Å²) in [6, 6.07) is 22.4. The van der Waals surface area contributed by atoms with Gasteiger partial charge in [-0.2, -0.15) is 0 Å². The highest BCUT2D eigenvalue weighted by Gasteiger charge is 2.53. The van der Waals surface area contributed by atoms with Gasteiger partial charge in [-0.1, -0.05) is 48.5 Å². The van der Waals surface area contributed by atoms with Crippen LogP contribution >= 0.6 is 0 Å². The second kappa shape index (κ2) is 13.9. The lowest BCUT2D eigenvalue weighted by Gasteiger charge is -2.56. The number of ether oxygens (including phenoxy) is 6. The highest BCUT2D eigenvalue weighted by Crippen LogP contribution is 2.59. The summed E-state index contributed by atoms with van der Waals surface area (Å²) in [4.78, 5) is 0. The molecule has 0 aliphatic heterocycles. The summed E-state index contributed by atoms with van der Waals surface area (Å²) in [5.41, 5.74) is 8.52. The predicted molar refractivity (Wildman–Crippen MR) is 208 cm³/mol. The molecule has 54 heavy (non-hydrogen) atoms. The van der Waals surface area contributed by atoms with Gasteiger partial charge in [-0.3, -0.25) is 0 Å². The number of rotatable bonds is 16. The van der Waals surface area contributed by atoms with Crippen LogP contribution in [-0.2, 0) is 18.9 Å². The summed E-state index contributed by atoms with van der Waals surface area (Å²) < 4.78 is 38.5. The molecule has 8 fully saturated rings. The fourth-order valence-electron chi connectivity index (χ4n) is 14.1. The molecule has 11 aliphatic carbocycles. The van der Waals surface area contributed by atoms with Crippen molar-refractivity contribution >= 4 is 0 Å².